The first-order valence-electron chi connectivity index (χ1n) is 9.89. The molecule has 0 radical (unpaired) electrons. The Morgan fingerprint density at radius 3 is 2.41 bits per heavy atom. The largest absolute Gasteiger partial charge is 0.416 e. The summed E-state index contributed by atoms with van der Waals surface area (Å²) in [5.74, 6) is -1.37. The molecule has 180 valence electrons. The Balaban J connectivity index is 1.68. The zero-order chi connectivity index (χ0) is 25.1. The van der Waals surface area contributed by atoms with Crippen LogP contribution in [-0.4, -0.2) is 26.0 Å². The van der Waals surface area contributed by atoms with Crippen molar-refractivity contribution in [2.75, 3.05) is 11.3 Å². The standard InChI is InChI=1S/C23H20F4N2O4S/c1-14-8-9-19(12-20(14)24)34(32,33)29-18-7-3-5-16(11-18)22(31)28-13-21(30)15-4-2-6-17(10-15)23(25,26)27/h2-12,21,29-30H,13H2,1H3,(H,28,31). The average molecular weight is 496 g/mol. The van der Waals surface area contributed by atoms with Crippen molar-refractivity contribution in [3.05, 3.63) is 94.8 Å². The monoisotopic (exact) mass is 496 g/mol. The van der Waals surface area contributed by atoms with Gasteiger partial charge in [-0.25, -0.2) is 12.8 Å². The van der Waals surface area contributed by atoms with Crippen molar-refractivity contribution in [1.82, 2.24) is 5.32 Å². The van der Waals surface area contributed by atoms with Gasteiger partial charge in [-0.1, -0.05) is 24.3 Å². The predicted octanol–water partition coefficient (Wildman–Crippen LogP) is 4.42. The Bertz CT molecular complexity index is 1310. The molecule has 1 amide bonds. The average Bonchev–Trinajstić information content (AvgIpc) is 2.78. The van der Waals surface area contributed by atoms with E-state index in [2.05, 4.69) is 10.0 Å². The van der Waals surface area contributed by atoms with Gasteiger partial charge < -0.3 is 10.4 Å². The third kappa shape index (κ3) is 6.12. The SMILES string of the molecule is Cc1ccc(S(=O)(=O)Nc2cccc(C(=O)NCC(O)c3cccc(C(F)(F)F)c3)c2)cc1F. The van der Waals surface area contributed by atoms with Crippen LogP contribution in [0.2, 0.25) is 0 Å². The van der Waals surface area contributed by atoms with Gasteiger partial charge in [0.25, 0.3) is 15.9 Å². The van der Waals surface area contributed by atoms with E-state index in [0.717, 1.165) is 24.3 Å². The van der Waals surface area contributed by atoms with Crippen molar-refractivity contribution < 1.29 is 35.9 Å². The summed E-state index contributed by atoms with van der Waals surface area (Å²) < 4.78 is 79.6. The van der Waals surface area contributed by atoms with Crippen molar-refractivity contribution in [3.8, 4) is 0 Å². The maximum Gasteiger partial charge on any atom is 0.416 e. The van der Waals surface area contributed by atoms with Gasteiger partial charge in [0, 0.05) is 17.8 Å². The molecule has 3 aromatic rings. The summed E-state index contributed by atoms with van der Waals surface area (Å²) in [4.78, 5) is 12.2. The second kappa shape index (κ2) is 9.82. The fourth-order valence-electron chi connectivity index (χ4n) is 3.01. The van der Waals surface area contributed by atoms with Crippen LogP contribution in [0.3, 0.4) is 0 Å². The molecule has 34 heavy (non-hydrogen) atoms. The summed E-state index contributed by atoms with van der Waals surface area (Å²) in [7, 11) is -4.13. The van der Waals surface area contributed by atoms with Gasteiger partial charge in [0.05, 0.1) is 16.6 Å². The normalized spacial score (nSPS) is 12.8. The molecular formula is C23H20F4N2O4S. The molecule has 11 heteroatoms. The highest BCUT2D eigenvalue weighted by molar-refractivity contribution is 7.92. The highest BCUT2D eigenvalue weighted by atomic mass is 32.2. The molecular weight excluding hydrogens is 476 g/mol. The van der Waals surface area contributed by atoms with Crippen molar-refractivity contribution in [3.63, 3.8) is 0 Å². The van der Waals surface area contributed by atoms with Crippen molar-refractivity contribution >= 4 is 21.6 Å². The van der Waals surface area contributed by atoms with E-state index in [0.29, 0.717) is 0 Å². The Morgan fingerprint density at radius 1 is 1.03 bits per heavy atom. The number of aryl methyl sites for hydroxylation is 1. The smallest absolute Gasteiger partial charge is 0.387 e. The summed E-state index contributed by atoms with van der Waals surface area (Å²) >= 11 is 0. The quantitative estimate of drug-likeness (QED) is 0.422. The number of sulfonamides is 1. The molecule has 0 spiro atoms. The molecule has 3 rings (SSSR count). The van der Waals surface area contributed by atoms with Crippen LogP contribution in [0.4, 0.5) is 23.2 Å². The van der Waals surface area contributed by atoms with Gasteiger partial charge in [0.2, 0.25) is 0 Å². The number of hydrogen-bond donors (Lipinski definition) is 3. The Morgan fingerprint density at radius 2 is 1.74 bits per heavy atom. The topological polar surface area (TPSA) is 95.5 Å². The van der Waals surface area contributed by atoms with Crippen LogP contribution in [0.25, 0.3) is 0 Å². The molecule has 0 aromatic heterocycles. The highest BCUT2D eigenvalue weighted by Crippen LogP contribution is 2.30. The number of carbonyl (C=O) groups excluding carboxylic acids is 1. The lowest BCUT2D eigenvalue weighted by molar-refractivity contribution is -0.137. The number of anilines is 1. The Kier molecular flexibility index (Phi) is 7.27. The van der Waals surface area contributed by atoms with E-state index in [1.165, 1.54) is 49.4 Å². The molecule has 3 aromatic carbocycles. The van der Waals surface area contributed by atoms with Crippen LogP contribution in [0, 0.1) is 12.7 Å². The number of hydrogen-bond acceptors (Lipinski definition) is 4. The lowest BCUT2D eigenvalue weighted by atomic mass is 10.1. The van der Waals surface area contributed by atoms with E-state index in [4.69, 9.17) is 0 Å². The van der Waals surface area contributed by atoms with Gasteiger partial charge in [-0.3, -0.25) is 9.52 Å². The van der Waals surface area contributed by atoms with Crippen LogP contribution in [-0.2, 0) is 16.2 Å². The van der Waals surface area contributed by atoms with Crippen LogP contribution in [0.5, 0.6) is 0 Å². The molecule has 0 fully saturated rings. The minimum Gasteiger partial charge on any atom is -0.387 e. The zero-order valence-electron chi connectivity index (χ0n) is 17.7. The first-order valence-corrected chi connectivity index (χ1v) is 11.4. The summed E-state index contributed by atoms with van der Waals surface area (Å²) in [6, 6.07) is 13.0. The molecule has 1 atom stereocenters. The van der Waals surface area contributed by atoms with Crippen LogP contribution in [0.1, 0.15) is 33.2 Å². The molecule has 0 saturated heterocycles. The summed E-state index contributed by atoms with van der Waals surface area (Å²) in [6.07, 6.45) is -5.97. The van der Waals surface area contributed by atoms with Crippen LogP contribution in [0.15, 0.2) is 71.6 Å². The number of aliphatic hydroxyl groups is 1. The molecule has 6 nitrogen and oxygen atoms in total. The fourth-order valence-corrected chi connectivity index (χ4v) is 4.07. The van der Waals surface area contributed by atoms with Crippen molar-refractivity contribution in [2.45, 2.75) is 24.1 Å². The molecule has 0 aliphatic carbocycles. The van der Waals surface area contributed by atoms with Crippen LogP contribution >= 0.6 is 0 Å². The Labute approximate surface area is 193 Å². The number of aliphatic hydroxyl groups excluding tert-OH is 1. The predicted molar refractivity (Wildman–Crippen MR) is 117 cm³/mol. The van der Waals surface area contributed by atoms with Gasteiger partial charge in [-0.15, -0.1) is 0 Å². The summed E-state index contributed by atoms with van der Waals surface area (Å²) in [6.45, 7) is 1.12. The molecule has 0 bridgehead atoms. The fraction of sp³-hybridized carbons (Fsp3) is 0.174. The number of nitrogens with one attached hydrogen (secondary N) is 2. The molecule has 0 aliphatic heterocycles. The lowest BCUT2D eigenvalue weighted by Crippen LogP contribution is -2.28. The third-order valence-corrected chi connectivity index (χ3v) is 6.26. The van der Waals surface area contributed by atoms with Gasteiger partial charge >= 0.3 is 6.18 Å². The number of rotatable bonds is 7. The molecule has 0 aliphatic rings. The minimum atomic E-state index is -4.57. The molecule has 0 saturated carbocycles. The van der Waals surface area contributed by atoms with Gasteiger partial charge in [0.1, 0.15) is 5.82 Å². The number of benzene rings is 3. The maximum atomic E-state index is 13.8. The van der Waals surface area contributed by atoms with Crippen LogP contribution < -0.4 is 10.0 Å². The summed E-state index contributed by atoms with van der Waals surface area (Å²) in [5.41, 5.74) is -0.602. The maximum absolute atomic E-state index is 13.8. The van der Waals surface area contributed by atoms with E-state index in [1.807, 2.05) is 0 Å². The van der Waals surface area contributed by atoms with E-state index in [9.17, 15) is 35.9 Å². The second-order valence-corrected chi connectivity index (χ2v) is 9.13. The van der Waals surface area contributed by atoms with Gasteiger partial charge in [-0.05, 0) is 60.5 Å². The lowest BCUT2D eigenvalue weighted by Gasteiger charge is -2.15. The minimum absolute atomic E-state index is 0.0260. The zero-order valence-corrected chi connectivity index (χ0v) is 18.5. The number of carbonyl (C=O) groups is 1. The van der Waals surface area contributed by atoms with E-state index in [1.54, 1.807) is 0 Å². The van der Waals surface area contributed by atoms with E-state index in [-0.39, 0.29) is 33.8 Å². The van der Waals surface area contributed by atoms with E-state index >= 15 is 0 Å². The highest BCUT2D eigenvalue weighted by Gasteiger charge is 2.30. The van der Waals surface area contributed by atoms with Gasteiger partial charge in [-0.2, -0.15) is 13.2 Å². The first-order chi connectivity index (χ1) is 15.9. The molecule has 0 heterocycles. The van der Waals surface area contributed by atoms with Crippen molar-refractivity contribution in [2.24, 2.45) is 0 Å². The Hall–Kier alpha value is -3.44. The molecule has 1 unspecified atom stereocenters. The number of amides is 1. The van der Waals surface area contributed by atoms with Gasteiger partial charge in [0.15, 0.2) is 0 Å². The van der Waals surface area contributed by atoms with Crippen molar-refractivity contribution in [1.29, 1.82) is 0 Å². The number of halogens is 4. The second-order valence-electron chi connectivity index (χ2n) is 7.45. The number of alkyl halides is 3. The third-order valence-electron chi connectivity index (χ3n) is 4.89. The van der Waals surface area contributed by atoms with E-state index < -0.39 is 39.6 Å². The summed E-state index contributed by atoms with van der Waals surface area (Å²) in [5, 5.41) is 12.6. The first kappa shape index (κ1) is 25.2. The molecule has 3 N–H and O–H groups in total.